The highest BCUT2D eigenvalue weighted by molar-refractivity contribution is 5.83. The Bertz CT molecular complexity index is 334. The topological polar surface area (TPSA) is 69.4 Å². The Hall–Kier alpha value is -1.68. The number of methoxy groups -OCH3 is 1. The summed E-state index contributed by atoms with van der Waals surface area (Å²) >= 11 is 0. The largest absolute Gasteiger partial charge is 0.497 e. The molecule has 0 aromatic heterocycles. The van der Waals surface area contributed by atoms with Crippen molar-refractivity contribution in [3.05, 3.63) is 29.8 Å². The Morgan fingerprint density at radius 1 is 1.06 bits per heavy atom. The number of rotatable bonds is 5. The molecular formula is C14H21NO3. The van der Waals surface area contributed by atoms with E-state index in [1.54, 1.807) is 7.11 Å². The van der Waals surface area contributed by atoms with Crippen LogP contribution in [0.5, 0.6) is 5.75 Å². The van der Waals surface area contributed by atoms with E-state index < -0.39 is 0 Å². The molecule has 0 saturated heterocycles. The Labute approximate surface area is 108 Å². The van der Waals surface area contributed by atoms with Crippen molar-refractivity contribution < 1.29 is 14.3 Å². The second kappa shape index (κ2) is 9.36. The van der Waals surface area contributed by atoms with Crippen molar-refractivity contribution >= 4 is 11.6 Å². The number of carbonyl (C=O) groups excluding carboxylic acids is 2. The minimum atomic E-state index is 0.0835. The van der Waals surface area contributed by atoms with Gasteiger partial charge in [-0.2, -0.15) is 0 Å². The predicted molar refractivity (Wildman–Crippen MR) is 71.5 cm³/mol. The molecule has 0 saturated carbocycles. The fourth-order valence-corrected chi connectivity index (χ4v) is 1.11. The monoisotopic (exact) mass is 251 g/mol. The van der Waals surface area contributed by atoms with E-state index in [-0.39, 0.29) is 11.6 Å². The molecule has 4 heteroatoms. The summed E-state index contributed by atoms with van der Waals surface area (Å²) in [7, 11) is 1.65. The average molecular weight is 251 g/mol. The van der Waals surface area contributed by atoms with Crippen LogP contribution < -0.4 is 10.5 Å². The first-order valence-corrected chi connectivity index (χ1v) is 5.81. The summed E-state index contributed by atoms with van der Waals surface area (Å²) in [6, 6.07) is 7.72. The van der Waals surface area contributed by atoms with E-state index in [0.717, 1.165) is 11.3 Å². The van der Waals surface area contributed by atoms with E-state index in [2.05, 4.69) is 0 Å². The number of ketones is 2. The molecule has 0 atom stereocenters. The van der Waals surface area contributed by atoms with Gasteiger partial charge < -0.3 is 20.1 Å². The molecule has 0 fully saturated rings. The van der Waals surface area contributed by atoms with Crippen molar-refractivity contribution in [2.75, 3.05) is 7.11 Å². The third kappa shape index (κ3) is 8.47. The molecule has 0 bridgehead atoms. The molecule has 0 aliphatic carbocycles. The zero-order valence-corrected chi connectivity index (χ0v) is 11.2. The summed E-state index contributed by atoms with van der Waals surface area (Å²) in [5.74, 6) is 1.04. The number of ether oxygens (including phenoxy) is 1. The van der Waals surface area contributed by atoms with Crippen molar-refractivity contribution in [2.24, 2.45) is 5.73 Å². The maximum Gasteiger partial charge on any atom is 0.130 e. The first-order valence-electron chi connectivity index (χ1n) is 5.81. The number of nitrogens with two attached hydrogens (primary N) is 1. The van der Waals surface area contributed by atoms with Crippen LogP contribution in [0.25, 0.3) is 0 Å². The van der Waals surface area contributed by atoms with E-state index in [1.807, 2.05) is 24.3 Å². The minimum Gasteiger partial charge on any atom is -0.497 e. The molecular weight excluding hydrogens is 230 g/mol. The fraction of sp³-hybridized carbons (Fsp3) is 0.429. The van der Waals surface area contributed by atoms with Gasteiger partial charge in [-0.15, -0.1) is 0 Å². The van der Waals surface area contributed by atoms with Crippen LogP contribution in [0.2, 0.25) is 0 Å². The van der Waals surface area contributed by atoms with E-state index in [0.29, 0.717) is 19.4 Å². The number of Topliss-reactive ketones (excluding diaryl/α,β-unsaturated/α-hetero) is 2. The molecule has 0 heterocycles. The highest BCUT2D eigenvalue weighted by Crippen LogP contribution is 2.10. The van der Waals surface area contributed by atoms with Crippen LogP contribution in [-0.4, -0.2) is 18.7 Å². The SMILES string of the molecule is CC(=O)CCC(C)=O.COc1ccc(CN)cc1. The smallest absolute Gasteiger partial charge is 0.130 e. The lowest BCUT2D eigenvalue weighted by molar-refractivity contribution is -0.122. The van der Waals surface area contributed by atoms with E-state index in [9.17, 15) is 9.59 Å². The van der Waals surface area contributed by atoms with Gasteiger partial charge in [0.1, 0.15) is 17.3 Å². The zero-order chi connectivity index (χ0) is 14.0. The van der Waals surface area contributed by atoms with Gasteiger partial charge in [-0.25, -0.2) is 0 Å². The van der Waals surface area contributed by atoms with Gasteiger partial charge in [-0.05, 0) is 31.5 Å². The average Bonchev–Trinajstić information content (AvgIpc) is 2.37. The second-order valence-corrected chi connectivity index (χ2v) is 3.96. The molecule has 1 rings (SSSR count). The molecule has 0 unspecified atom stereocenters. The van der Waals surface area contributed by atoms with E-state index >= 15 is 0 Å². The van der Waals surface area contributed by atoms with Gasteiger partial charge in [-0.1, -0.05) is 12.1 Å². The second-order valence-electron chi connectivity index (χ2n) is 3.96. The maximum absolute atomic E-state index is 10.2. The zero-order valence-electron chi connectivity index (χ0n) is 11.2. The van der Waals surface area contributed by atoms with Gasteiger partial charge in [0.25, 0.3) is 0 Å². The van der Waals surface area contributed by atoms with E-state index in [1.165, 1.54) is 13.8 Å². The lowest BCUT2D eigenvalue weighted by Gasteiger charge is -1.99. The van der Waals surface area contributed by atoms with Crippen molar-refractivity contribution in [2.45, 2.75) is 33.2 Å². The molecule has 2 N–H and O–H groups in total. The van der Waals surface area contributed by atoms with Gasteiger partial charge >= 0.3 is 0 Å². The molecule has 4 nitrogen and oxygen atoms in total. The summed E-state index contributed by atoms with van der Waals surface area (Å²) in [6.07, 6.45) is 0.796. The van der Waals surface area contributed by atoms with Crippen LogP contribution in [0, 0.1) is 0 Å². The Balaban J connectivity index is 0.000000331. The molecule has 0 spiro atoms. The lowest BCUT2D eigenvalue weighted by atomic mass is 10.2. The molecule has 18 heavy (non-hydrogen) atoms. The molecule has 0 radical (unpaired) electrons. The van der Waals surface area contributed by atoms with Gasteiger partial charge in [0, 0.05) is 19.4 Å². The third-order valence-corrected chi connectivity index (χ3v) is 2.22. The third-order valence-electron chi connectivity index (χ3n) is 2.22. The molecule has 0 aliphatic heterocycles. The number of hydrogen-bond acceptors (Lipinski definition) is 4. The Morgan fingerprint density at radius 2 is 1.50 bits per heavy atom. The first-order chi connectivity index (χ1) is 8.49. The van der Waals surface area contributed by atoms with Crippen molar-refractivity contribution in [3.8, 4) is 5.75 Å². The molecule has 100 valence electrons. The van der Waals surface area contributed by atoms with Crippen LogP contribution in [-0.2, 0) is 16.1 Å². The van der Waals surface area contributed by atoms with Gasteiger partial charge in [0.2, 0.25) is 0 Å². The summed E-state index contributed by atoms with van der Waals surface area (Å²) in [6.45, 7) is 3.57. The van der Waals surface area contributed by atoms with Gasteiger partial charge in [0.15, 0.2) is 0 Å². The highest BCUT2D eigenvalue weighted by Gasteiger charge is 1.95. The maximum atomic E-state index is 10.2. The molecule has 0 amide bonds. The summed E-state index contributed by atoms with van der Waals surface area (Å²) < 4.78 is 4.97. The van der Waals surface area contributed by atoms with Crippen LogP contribution in [0.1, 0.15) is 32.3 Å². The van der Waals surface area contributed by atoms with Gasteiger partial charge in [-0.3, -0.25) is 0 Å². The van der Waals surface area contributed by atoms with Crippen molar-refractivity contribution in [1.29, 1.82) is 0 Å². The quantitative estimate of drug-likeness (QED) is 0.870. The van der Waals surface area contributed by atoms with Crippen LogP contribution >= 0.6 is 0 Å². The number of hydrogen-bond donors (Lipinski definition) is 1. The number of benzene rings is 1. The summed E-state index contributed by atoms with van der Waals surface area (Å²) in [4.78, 5) is 20.4. The molecule has 0 aliphatic rings. The number of carbonyl (C=O) groups is 2. The van der Waals surface area contributed by atoms with Crippen LogP contribution in [0.3, 0.4) is 0 Å². The molecule has 1 aromatic carbocycles. The highest BCUT2D eigenvalue weighted by atomic mass is 16.5. The Morgan fingerprint density at radius 3 is 1.78 bits per heavy atom. The Kier molecular flexibility index (Phi) is 8.49. The van der Waals surface area contributed by atoms with Crippen molar-refractivity contribution in [3.63, 3.8) is 0 Å². The van der Waals surface area contributed by atoms with Crippen molar-refractivity contribution in [1.82, 2.24) is 0 Å². The summed E-state index contributed by atoms with van der Waals surface area (Å²) in [5, 5.41) is 0. The lowest BCUT2D eigenvalue weighted by Crippen LogP contribution is -1.95. The predicted octanol–water partition coefficient (Wildman–Crippen LogP) is 2.10. The molecule has 1 aromatic rings. The summed E-state index contributed by atoms with van der Waals surface area (Å²) in [5.41, 5.74) is 6.53. The standard InChI is InChI=1S/C8H11NO.C6H10O2/c1-10-8-4-2-7(6-9)3-5-8;1-5(7)3-4-6(2)8/h2-5H,6,9H2,1H3;3-4H2,1-2H3. The van der Waals surface area contributed by atoms with Crippen LogP contribution in [0.15, 0.2) is 24.3 Å². The normalized spacial score (nSPS) is 9.11. The first kappa shape index (κ1) is 16.3. The van der Waals surface area contributed by atoms with Crippen LogP contribution in [0.4, 0.5) is 0 Å². The fourth-order valence-electron chi connectivity index (χ4n) is 1.11. The van der Waals surface area contributed by atoms with E-state index in [4.69, 9.17) is 10.5 Å². The minimum absolute atomic E-state index is 0.0835. The van der Waals surface area contributed by atoms with Gasteiger partial charge in [0.05, 0.1) is 7.11 Å².